The molecule has 0 radical (unpaired) electrons. The Labute approximate surface area is 202 Å². The number of hydrogen-bond acceptors (Lipinski definition) is 1. The Kier molecular flexibility index (Phi) is 6.31. The zero-order valence-corrected chi connectivity index (χ0v) is 20.0. The van der Waals surface area contributed by atoms with Crippen LogP contribution in [0.1, 0.15) is 33.4 Å². The molecule has 0 heterocycles. The van der Waals surface area contributed by atoms with Gasteiger partial charge >= 0.3 is 0 Å². The Balaban J connectivity index is 1.43. The molecule has 0 saturated carbocycles. The molecule has 0 aromatic heterocycles. The first-order valence-electron chi connectivity index (χ1n) is 12.1. The molecule has 1 aliphatic carbocycles. The van der Waals surface area contributed by atoms with Crippen LogP contribution in [0.2, 0.25) is 0 Å². The number of nitrogens with zero attached hydrogens (tertiary/aromatic N) is 1. The molecule has 34 heavy (non-hydrogen) atoms. The first-order valence-corrected chi connectivity index (χ1v) is 12.1. The molecular weight excluding hydrogens is 414 g/mol. The van der Waals surface area contributed by atoms with Crippen molar-refractivity contribution in [1.29, 1.82) is 0 Å². The monoisotopic (exact) mass is 445 g/mol. The molecule has 0 aliphatic heterocycles. The fraction of sp³-hybridized carbons (Fsp3) is 0.219. The smallest absolute Gasteiger partial charge is 0.227 e. The molecule has 1 amide bonds. The van der Waals surface area contributed by atoms with E-state index in [0.29, 0.717) is 13.0 Å². The van der Waals surface area contributed by atoms with Crippen LogP contribution in [0.3, 0.4) is 0 Å². The number of fused-ring (bicyclic) bond motifs is 1. The Morgan fingerprint density at radius 1 is 0.735 bits per heavy atom. The van der Waals surface area contributed by atoms with Gasteiger partial charge in [0, 0.05) is 12.6 Å². The van der Waals surface area contributed by atoms with Crippen LogP contribution in [0.25, 0.3) is 11.1 Å². The number of benzene rings is 4. The minimum atomic E-state index is 0.192. The van der Waals surface area contributed by atoms with E-state index < -0.39 is 0 Å². The summed E-state index contributed by atoms with van der Waals surface area (Å²) in [4.78, 5) is 16.0. The average Bonchev–Trinajstić information content (AvgIpc) is 3.28. The second-order valence-corrected chi connectivity index (χ2v) is 9.54. The number of rotatable bonds is 6. The molecule has 2 heteroatoms. The van der Waals surface area contributed by atoms with Crippen molar-refractivity contribution in [3.63, 3.8) is 0 Å². The van der Waals surface area contributed by atoms with Gasteiger partial charge in [0.05, 0.1) is 6.42 Å². The van der Waals surface area contributed by atoms with Crippen molar-refractivity contribution in [3.05, 3.63) is 130 Å². The largest absolute Gasteiger partial charge is 0.334 e. The molecule has 0 bridgehead atoms. The standard InChI is InChI=1S/C32H31NO/c1-23-11-15-25(16-12-23)22-33(30-19-27-7-3-4-8-28(27)20-30)32(34)21-29-9-5-6-10-31(29)26-17-13-24(2)14-18-26/h3-18,30H,19-22H2,1-2H3. The van der Waals surface area contributed by atoms with Crippen LogP contribution in [-0.2, 0) is 30.6 Å². The third-order valence-electron chi connectivity index (χ3n) is 6.99. The SMILES string of the molecule is Cc1ccc(CN(C(=O)Cc2ccccc2-c2ccc(C)cc2)C2Cc3ccccc3C2)cc1. The maximum Gasteiger partial charge on any atom is 0.227 e. The van der Waals surface area contributed by atoms with Gasteiger partial charge < -0.3 is 4.90 Å². The topological polar surface area (TPSA) is 20.3 Å². The van der Waals surface area contributed by atoms with Crippen molar-refractivity contribution >= 4 is 5.91 Å². The van der Waals surface area contributed by atoms with E-state index in [2.05, 4.69) is 110 Å². The predicted molar refractivity (Wildman–Crippen MR) is 140 cm³/mol. The summed E-state index contributed by atoms with van der Waals surface area (Å²) in [6.07, 6.45) is 2.25. The Morgan fingerprint density at radius 2 is 1.29 bits per heavy atom. The van der Waals surface area contributed by atoms with Gasteiger partial charge in [-0.1, -0.05) is 108 Å². The average molecular weight is 446 g/mol. The van der Waals surface area contributed by atoms with E-state index in [4.69, 9.17) is 0 Å². The van der Waals surface area contributed by atoms with E-state index in [1.54, 1.807) is 0 Å². The molecular formula is C32H31NO. The van der Waals surface area contributed by atoms with E-state index in [9.17, 15) is 4.79 Å². The van der Waals surface area contributed by atoms with Gasteiger partial charge in [-0.05, 0) is 60.1 Å². The number of amides is 1. The highest BCUT2D eigenvalue weighted by Gasteiger charge is 2.30. The number of aryl methyl sites for hydroxylation is 2. The zero-order chi connectivity index (χ0) is 23.5. The van der Waals surface area contributed by atoms with Gasteiger partial charge in [-0.3, -0.25) is 4.79 Å². The van der Waals surface area contributed by atoms with Crippen molar-refractivity contribution in [2.24, 2.45) is 0 Å². The zero-order valence-electron chi connectivity index (χ0n) is 20.0. The molecule has 4 aromatic carbocycles. The lowest BCUT2D eigenvalue weighted by atomic mass is 9.96. The first-order chi connectivity index (χ1) is 16.6. The van der Waals surface area contributed by atoms with Crippen LogP contribution < -0.4 is 0 Å². The Hall–Kier alpha value is -3.65. The van der Waals surface area contributed by atoms with Crippen molar-refractivity contribution in [3.8, 4) is 11.1 Å². The summed E-state index contributed by atoms with van der Waals surface area (Å²) in [6, 6.07) is 34.3. The number of carbonyl (C=O) groups excluding carboxylic acids is 1. The number of hydrogen-bond donors (Lipinski definition) is 0. The van der Waals surface area contributed by atoms with E-state index in [1.165, 1.54) is 27.8 Å². The maximum atomic E-state index is 13.9. The van der Waals surface area contributed by atoms with Gasteiger partial charge in [-0.25, -0.2) is 0 Å². The van der Waals surface area contributed by atoms with Gasteiger partial charge in [0.2, 0.25) is 5.91 Å². The summed E-state index contributed by atoms with van der Waals surface area (Å²) in [7, 11) is 0. The second-order valence-electron chi connectivity index (χ2n) is 9.54. The van der Waals surface area contributed by atoms with E-state index >= 15 is 0 Å². The molecule has 0 spiro atoms. The lowest BCUT2D eigenvalue weighted by Gasteiger charge is -2.30. The summed E-state index contributed by atoms with van der Waals surface area (Å²) in [5, 5.41) is 0. The lowest BCUT2D eigenvalue weighted by Crippen LogP contribution is -2.41. The first kappa shape index (κ1) is 22.2. The fourth-order valence-electron chi connectivity index (χ4n) is 5.02. The third kappa shape index (κ3) is 4.82. The lowest BCUT2D eigenvalue weighted by molar-refractivity contribution is -0.133. The maximum absolute atomic E-state index is 13.9. The van der Waals surface area contributed by atoms with E-state index in [-0.39, 0.29) is 11.9 Å². The van der Waals surface area contributed by atoms with Crippen LogP contribution >= 0.6 is 0 Å². The normalized spacial score (nSPS) is 13.0. The minimum Gasteiger partial charge on any atom is -0.334 e. The highest BCUT2D eigenvalue weighted by Crippen LogP contribution is 2.29. The number of carbonyl (C=O) groups is 1. The van der Waals surface area contributed by atoms with Crippen LogP contribution in [0.5, 0.6) is 0 Å². The molecule has 5 rings (SSSR count). The van der Waals surface area contributed by atoms with Crippen molar-refractivity contribution in [2.45, 2.75) is 45.7 Å². The summed E-state index contributed by atoms with van der Waals surface area (Å²) in [5.74, 6) is 0.193. The van der Waals surface area contributed by atoms with Gasteiger partial charge in [0.1, 0.15) is 0 Å². The van der Waals surface area contributed by atoms with E-state index in [0.717, 1.165) is 29.5 Å². The van der Waals surface area contributed by atoms with Crippen LogP contribution in [0, 0.1) is 13.8 Å². The molecule has 0 fully saturated rings. The fourth-order valence-corrected chi connectivity index (χ4v) is 5.02. The molecule has 4 aromatic rings. The predicted octanol–water partition coefficient (Wildman–Crippen LogP) is 6.71. The summed E-state index contributed by atoms with van der Waals surface area (Å²) < 4.78 is 0. The van der Waals surface area contributed by atoms with Crippen LogP contribution in [-0.4, -0.2) is 16.8 Å². The Bertz CT molecular complexity index is 1260. The highest BCUT2D eigenvalue weighted by atomic mass is 16.2. The molecule has 1 aliphatic rings. The molecule has 2 nitrogen and oxygen atoms in total. The van der Waals surface area contributed by atoms with Crippen molar-refractivity contribution in [2.75, 3.05) is 0 Å². The molecule has 0 saturated heterocycles. The van der Waals surface area contributed by atoms with Gasteiger partial charge in [0.25, 0.3) is 0 Å². The van der Waals surface area contributed by atoms with Gasteiger partial charge in [-0.2, -0.15) is 0 Å². The highest BCUT2D eigenvalue weighted by molar-refractivity contribution is 5.82. The summed E-state index contributed by atoms with van der Waals surface area (Å²) in [6.45, 7) is 4.84. The minimum absolute atomic E-state index is 0.192. The van der Waals surface area contributed by atoms with Crippen LogP contribution in [0.15, 0.2) is 97.1 Å². The van der Waals surface area contributed by atoms with Gasteiger partial charge in [-0.15, -0.1) is 0 Å². The van der Waals surface area contributed by atoms with Gasteiger partial charge in [0.15, 0.2) is 0 Å². The molecule has 0 atom stereocenters. The summed E-state index contributed by atoms with van der Waals surface area (Å²) in [5.41, 5.74) is 9.78. The van der Waals surface area contributed by atoms with Crippen molar-refractivity contribution < 1.29 is 4.79 Å². The quantitative estimate of drug-likeness (QED) is 0.323. The van der Waals surface area contributed by atoms with Crippen LogP contribution in [0.4, 0.5) is 0 Å². The second kappa shape index (κ2) is 9.69. The Morgan fingerprint density at radius 3 is 1.94 bits per heavy atom. The molecule has 0 unspecified atom stereocenters. The molecule has 0 N–H and O–H groups in total. The van der Waals surface area contributed by atoms with Crippen molar-refractivity contribution in [1.82, 2.24) is 4.90 Å². The molecule has 170 valence electrons. The third-order valence-corrected chi connectivity index (χ3v) is 6.99. The summed E-state index contributed by atoms with van der Waals surface area (Å²) >= 11 is 0. The van der Waals surface area contributed by atoms with E-state index in [1.807, 2.05) is 6.07 Å².